The molecule has 2 aromatic heterocycles. The van der Waals surface area contributed by atoms with Crippen LogP contribution >= 0.6 is 0 Å². The molecule has 0 aliphatic rings. The van der Waals surface area contributed by atoms with Crippen LogP contribution in [-0.4, -0.2) is 15.2 Å². The molecule has 0 saturated heterocycles. The number of aromatic nitrogens is 3. The summed E-state index contributed by atoms with van der Waals surface area (Å²) in [6, 6.07) is 8.16. The van der Waals surface area contributed by atoms with Gasteiger partial charge in [0.2, 0.25) is 11.8 Å². The second kappa shape index (κ2) is 5.01. The summed E-state index contributed by atoms with van der Waals surface area (Å²) in [6.45, 7) is 0. The number of halogens is 3. The molecule has 106 valence electrons. The normalized spacial score (nSPS) is 11.6. The summed E-state index contributed by atoms with van der Waals surface area (Å²) in [6.07, 6.45) is -1.29. The van der Waals surface area contributed by atoms with Gasteiger partial charge in [-0.2, -0.15) is 13.2 Å². The molecular weight excluding hydrogens is 283 g/mol. The van der Waals surface area contributed by atoms with Crippen molar-refractivity contribution >= 4 is 0 Å². The summed E-state index contributed by atoms with van der Waals surface area (Å²) in [5.74, 6) is 0.232. The van der Waals surface area contributed by atoms with E-state index >= 15 is 0 Å². The Balaban J connectivity index is 1.97. The van der Waals surface area contributed by atoms with Crippen molar-refractivity contribution in [2.24, 2.45) is 0 Å². The zero-order chi connectivity index (χ0) is 14.9. The number of nitrogens with zero attached hydrogens (tertiary/aromatic N) is 3. The van der Waals surface area contributed by atoms with E-state index in [2.05, 4.69) is 15.2 Å². The highest BCUT2D eigenvalue weighted by Gasteiger charge is 2.30. The van der Waals surface area contributed by atoms with Crippen LogP contribution in [0.15, 0.2) is 53.2 Å². The molecule has 0 fully saturated rings. The first-order valence-corrected chi connectivity index (χ1v) is 5.95. The predicted molar refractivity (Wildman–Crippen MR) is 68.0 cm³/mol. The van der Waals surface area contributed by atoms with Crippen LogP contribution in [0.4, 0.5) is 13.2 Å². The molecule has 7 heteroatoms. The summed E-state index contributed by atoms with van der Waals surface area (Å²) >= 11 is 0. The number of hydrogen-bond acceptors (Lipinski definition) is 4. The zero-order valence-electron chi connectivity index (χ0n) is 10.5. The van der Waals surface area contributed by atoms with Crippen LogP contribution in [0, 0.1) is 0 Å². The quantitative estimate of drug-likeness (QED) is 0.720. The molecule has 1 aromatic carbocycles. The van der Waals surface area contributed by atoms with Crippen molar-refractivity contribution in [1.82, 2.24) is 15.2 Å². The van der Waals surface area contributed by atoms with Gasteiger partial charge < -0.3 is 4.42 Å². The molecule has 0 aliphatic heterocycles. The summed E-state index contributed by atoms with van der Waals surface area (Å²) in [5.41, 5.74) is 0.0526. The van der Waals surface area contributed by atoms with Gasteiger partial charge in [-0.15, -0.1) is 10.2 Å². The minimum Gasteiger partial charge on any atom is -0.416 e. The van der Waals surface area contributed by atoms with Gasteiger partial charge in [0, 0.05) is 18.0 Å². The predicted octanol–water partition coefficient (Wildman–Crippen LogP) is 3.82. The Hall–Kier alpha value is -2.70. The third-order valence-corrected chi connectivity index (χ3v) is 2.77. The van der Waals surface area contributed by atoms with Gasteiger partial charge in [-0.1, -0.05) is 6.07 Å². The highest BCUT2D eigenvalue weighted by Crippen LogP contribution is 2.32. The SMILES string of the molecule is FC(F)(F)c1cccc(-c2nnc(-c3cccnc3)o2)c1. The third kappa shape index (κ3) is 2.76. The van der Waals surface area contributed by atoms with Crippen LogP contribution in [0.2, 0.25) is 0 Å². The molecule has 0 unspecified atom stereocenters. The summed E-state index contributed by atoms with van der Waals surface area (Å²) in [5, 5.41) is 7.59. The van der Waals surface area contributed by atoms with E-state index in [-0.39, 0.29) is 17.3 Å². The van der Waals surface area contributed by atoms with Gasteiger partial charge >= 0.3 is 6.18 Å². The number of benzene rings is 1. The average molecular weight is 291 g/mol. The number of alkyl halides is 3. The average Bonchev–Trinajstić information content (AvgIpc) is 2.97. The van der Waals surface area contributed by atoms with E-state index in [1.165, 1.54) is 18.3 Å². The van der Waals surface area contributed by atoms with Crippen molar-refractivity contribution in [2.75, 3.05) is 0 Å². The number of pyridine rings is 1. The molecule has 0 bridgehead atoms. The van der Waals surface area contributed by atoms with Gasteiger partial charge in [0.05, 0.1) is 11.1 Å². The summed E-state index contributed by atoms with van der Waals surface area (Å²) < 4.78 is 43.4. The van der Waals surface area contributed by atoms with Crippen molar-refractivity contribution in [3.63, 3.8) is 0 Å². The van der Waals surface area contributed by atoms with E-state index in [0.29, 0.717) is 5.56 Å². The molecular formula is C14H8F3N3O. The third-order valence-electron chi connectivity index (χ3n) is 2.77. The molecule has 0 N–H and O–H groups in total. The second-order valence-electron chi connectivity index (χ2n) is 4.23. The summed E-state index contributed by atoms with van der Waals surface area (Å²) in [7, 11) is 0. The van der Waals surface area contributed by atoms with E-state index in [1.807, 2.05) is 0 Å². The molecule has 0 amide bonds. The first kappa shape index (κ1) is 13.3. The molecule has 0 spiro atoms. The van der Waals surface area contributed by atoms with Crippen molar-refractivity contribution in [1.29, 1.82) is 0 Å². The van der Waals surface area contributed by atoms with E-state index in [4.69, 9.17) is 4.42 Å². The highest BCUT2D eigenvalue weighted by molar-refractivity contribution is 5.58. The maximum atomic E-state index is 12.7. The Labute approximate surface area is 117 Å². The minimum absolute atomic E-state index is 0.0277. The molecule has 0 saturated carbocycles. The maximum Gasteiger partial charge on any atom is 0.416 e. The van der Waals surface area contributed by atoms with Crippen molar-refractivity contribution in [3.05, 3.63) is 54.4 Å². The van der Waals surface area contributed by atoms with Gasteiger partial charge in [-0.05, 0) is 30.3 Å². The van der Waals surface area contributed by atoms with E-state index in [1.54, 1.807) is 18.3 Å². The van der Waals surface area contributed by atoms with Gasteiger partial charge in [-0.3, -0.25) is 4.98 Å². The maximum absolute atomic E-state index is 12.7. The fraction of sp³-hybridized carbons (Fsp3) is 0.0714. The fourth-order valence-electron chi connectivity index (χ4n) is 1.77. The topological polar surface area (TPSA) is 51.8 Å². The number of rotatable bonds is 2. The molecule has 2 heterocycles. The largest absolute Gasteiger partial charge is 0.416 e. The van der Waals surface area contributed by atoms with Crippen molar-refractivity contribution in [3.8, 4) is 22.9 Å². The molecule has 3 rings (SSSR count). The molecule has 0 aliphatic carbocycles. The van der Waals surface area contributed by atoms with Crippen LogP contribution < -0.4 is 0 Å². The second-order valence-corrected chi connectivity index (χ2v) is 4.23. The smallest absolute Gasteiger partial charge is 0.416 e. The van der Waals surface area contributed by atoms with Crippen LogP contribution in [0.25, 0.3) is 22.9 Å². The van der Waals surface area contributed by atoms with Crippen LogP contribution in [0.3, 0.4) is 0 Å². The monoisotopic (exact) mass is 291 g/mol. The Bertz CT molecular complexity index is 753. The van der Waals surface area contributed by atoms with Gasteiger partial charge in [0.15, 0.2) is 0 Å². The van der Waals surface area contributed by atoms with Crippen molar-refractivity contribution < 1.29 is 17.6 Å². The van der Waals surface area contributed by atoms with Gasteiger partial charge in [0.1, 0.15) is 0 Å². The summed E-state index contributed by atoms with van der Waals surface area (Å²) in [4.78, 5) is 3.91. The lowest BCUT2D eigenvalue weighted by atomic mass is 10.1. The first-order chi connectivity index (χ1) is 10.0. The van der Waals surface area contributed by atoms with Crippen LogP contribution in [-0.2, 0) is 6.18 Å². The molecule has 4 nitrogen and oxygen atoms in total. The van der Waals surface area contributed by atoms with E-state index in [9.17, 15) is 13.2 Å². The zero-order valence-corrected chi connectivity index (χ0v) is 10.5. The Kier molecular flexibility index (Phi) is 3.17. The van der Waals surface area contributed by atoms with Crippen molar-refractivity contribution in [2.45, 2.75) is 6.18 Å². The number of hydrogen-bond donors (Lipinski definition) is 0. The standard InChI is InChI=1S/C14H8F3N3O/c15-14(16,17)11-5-1-3-9(7-11)12-19-20-13(21-12)10-4-2-6-18-8-10/h1-8H. The Morgan fingerprint density at radius 2 is 1.62 bits per heavy atom. The van der Waals surface area contributed by atoms with Gasteiger partial charge in [0.25, 0.3) is 0 Å². The minimum atomic E-state index is -4.41. The molecule has 21 heavy (non-hydrogen) atoms. The lowest BCUT2D eigenvalue weighted by molar-refractivity contribution is -0.137. The van der Waals surface area contributed by atoms with Crippen LogP contribution in [0.1, 0.15) is 5.56 Å². The fourth-order valence-corrected chi connectivity index (χ4v) is 1.77. The van der Waals surface area contributed by atoms with Crippen LogP contribution in [0.5, 0.6) is 0 Å². The lowest BCUT2D eigenvalue weighted by Crippen LogP contribution is -2.04. The molecule has 3 aromatic rings. The first-order valence-electron chi connectivity index (χ1n) is 5.95. The Morgan fingerprint density at radius 1 is 0.905 bits per heavy atom. The van der Waals surface area contributed by atoms with Gasteiger partial charge in [-0.25, -0.2) is 0 Å². The lowest BCUT2D eigenvalue weighted by Gasteiger charge is -2.06. The molecule has 0 atom stereocenters. The van der Waals surface area contributed by atoms with E-state index in [0.717, 1.165) is 12.1 Å². The highest BCUT2D eigenvalue weighted by atomic mass is 19.4. The van der Waals surface area contributed by atoms with E-state index < -0.39 is 11.7 Å². The molecule has 0 radical (unpaired) electrons. The Morgan fingerprint density at radius 3 is 2.29 bits per heavy atom.